The first-order valence-corrected chi connectivity index (χ1v) is 15.5. The number of carbonyl (C=O) groups excluding carboxylic acids is 5. The molecule has 0 bridgehead atoms. The zero-order chi connectivity index (χ0) is 31.1. The van der Waals surface area contributed by atoms with Gasteiger partial charge < -0.3 is 9.80 Å². The van der Waals surface area contributed by atoms with Crippen molar-refractivity contribution in [1.82, 2.24) is 15.1 Å². The second-order valence-corrected chi connectivity index (χ2v) is 12.4. The van der Waals surface area contributed by atoms with Gasteiger partial charge in [-0.2, -0.15) is 0 Å². The summed E-state index contributed by atoms with van der Waals surface area (Å²) in [6.45, 7) is 5.53. The van der Waals surface area contributed by atoms with Crippen LogP contribution in [-0.4, -0.2) is 71.6 Å². The van der Waals surface area contributed by atoms with Crippen molar-refractivity contribution in [2.24, 2.45) is 0 Å². The Balaban J connectivity index is 1.11. The van der Waals surface area contributed by atoms with E-state index in [1.807, 2.05) is 18.2 Å². The number of nitrogens with one attached hydrogen (secondary N) is 1. The standard InChI is InChI=1S/C33H31FN4O5S/c1-19-6-7-20(2)28(14-19)44-18-21-4-3-5-22(15-21)31(41)37-12-10-36(11-13-37)27-17-24-23(16-25(27)34)32(42)38(33(24)43)26-8-9-29(39)35-30(26)40/h3-7,14-17,26H,8-13,18H2,1-2H3,(H,35,39,40). The Bertz CT molecular complexity index is 1720. The zero-order valence-electron chi connectivity index (χ0n) is 24.4. The molecule has 1 N–H and O–H groups in total. The van der Waals surface area contributed by atoms with Gasteiger partial charge in [0.25, 0.3) is 17.7 Å². The minimum Gasteiger partial charge on any atom is -0.366 e. The van der Waals surface area contributed by atoms with Crippen LogP contribution in [0.2, 0.25) is 0 Å². The molecular weight excluding hydrogens is 583 g/mol. The number of piperazine rings is 1. The largest absolute Gasteiger partial charge is 0.366 e. The third kappa shape index (κ3) is 5.59. The first-order chi connectivity index (χ1) is 21.1. The summed E-state index contributed by atoms with van der Waals surface area (Å²) in [5.41, 5.74) is 4.14. The van der Waals surface area contributed by atoms with Gasteiger partial charge in [0.2, 0.25) is 11.8 Å². The van der Waals surface area contributed by atoms with E-state index in [4.69, 9.17) is 0 Å². The Morgan fingerprint density at radius 2 is 1.66 bits per heavy atom. The van der Waals surface area contributed by atoms with Gasteiger partial charge in [0.1, 0.15) is 11.9 Å². The Labute approximate surface area is 258 Å². The van der Waals surface area contributed by atoms with Gasteiger partial charge in [0, 0.05) is 48.8 Å². The van der Waals surface area contributed by atoms with Gasteiger partial charge >= 0.3 is 0 Å². The highest BCUT2D eigenvalue weighted by Gasteiger charge is 2.45. The first-order valence-electron chi connectivity index (χ1n) is 14.5. The van der Waals surface area contributed by atoms with Crippen LogP contribution in [0.15, 0.2) is 59.5 Å². The fraction of sp³-hybridized carbons (Fsp3) is 0.303. The van der Waals surface area contributed by atoms with E-state index in [1.165, 1.54) is 22.1 Å². The number of aryl methyl sites for hydroxylation is 2. The van der Waals surface area contributed by atoms with Crippen LogP contribution in [0.5, 0.6) is 0 Å². The lowest BCUT2D eigenvalue weighted by Crippen LogP contribution is -2.54. The third-order valence-corrected chi connectivity index (χ3v) is 9.56. The summed E-state index contributed by atoms with van der Waals surface area (Å²) in [5, 5.41) is 2.15. The Morgan fingerprint density at radius 1 is 0.932 bits per heavy atom. The monoisotopic (exact) mass is 614 g/mol. The maximum absolute atomic E-state index is 15.3. The molecule has 3 aliphatic rings. The summed E-state index contributed by atoms with van der Waals surface area (Å²) in [6, 6.07) is 15.3. The van der Waals surface area contributed by atoms with Crippen LogP contribution in [0.25, 0.3) is 0 Å². The Kier molecular flexibility index (Phi) is 7.98. The molecular formula is C33H31FN4O5S. The molecule has 44 heavy (non-hydrogen) atoms. The highest BCUT2D eigenvalue weighted by Crippen LogP contribution is 2.33. The fourth-order valence-corrected chi connectivity index (χ4v) is 6.94. The Hall–Kier alpha value is -4.51. The molecule has 2 fully saturated rings. The molecule has 5 amide bonds. The smallest absolute Gasteiger partial charge is 0.262 e. The molecule has 6 rings (SSSR count). The average molecular weight is 615 g/mol. The van der Waals surface area contributed by atoms with E-state index >= 15 is 4.39 Å². The van der Waals surface area contributed by atoms with E-state index in [2.05, 4.69) is 37.4 Å². The number of fused-ring (bicyclic) bond motifs is 1. The van der Waals surface area contributed by atoms with Gasteiger partial charge in [-0.15, -0.1) is 11.8 Å². The SMILES string of the molecule is Cc1ccc(C)c(SCc2cccc(C(=O)N3CCN(c4cc5c(cc4F)C(=O)N(C4CCC(=O)NC4=O)C5=O)CC3)c2)c1. The predicted molar refractivity (Wildman–Crippen MR) is 163 cm³/mol. The van der Waals surface area contributed by atoms with Crippen LogP contribution in [-0.2, 0) is 15.3 Å². The van der Waals surface area contributed by atoms with E-state index in [0.29, 0.717) is 31.7 Å². The fourth-order valence-electron chi connectivity index (χ4n) is 5.87. The normalized spacial score (nSPS) is 18.5. The molecule has 3 aromatic carbocycles. The summed E-state index contributed by atoms with van der Waals surface area (Å²) >= 11 is 1.74. The molecule has 3 heterocycles. The van der Waals surface area contributed by atoms with Crippen molar-refractivity contribution in [3.8, 4) is 0 Å². The van der Waals surface area contributed by atoms with E-state index in [0.717, 1.165) is 22.3 Å². The first kappa shape index (κ1) is 29.6. The lowest BCUT2D eigenvalue weighted by atomic mass is 10.0. The lowest BCUT2D eigenvalue weighted by Gasteiger charge is -2.36. The number of halogens is 1. The molecule has 9 nitrogen and oxygen atoms in total. The molecule has 3 aliphatic heterocycles. The van der Waals surface area contributed by atoms with E-state index in [9.17, 15) is 24.0 Å². The number of rotatable bonds is 6. The third-order valence-electron chi connectivity index (χ3n) is 8.33. The number of imide groups is 2. The van der Waals surface area contributed by atoms with Gasteiger partial charge in [-0.3, -0.25) is 34.2 Å². The number of nitrogens with zero attached hydrogens (tertiary/aromatic N) is 3. The van der Waals surface area contributed by atoms with Crippen LogP contribution >= 0.6 is 11.8 Å². The summed E-state index contributed by atoms with van der Waals surface area (Å²) < 4.78 is 15.3. The summed E-state index contributed by atoms with van der Waals surface area (Å²) in [5.74, 6) is -2.65. The maximum Gasteiger partial charge on any atom is 0.262 e. The van der Waals surface area contributed by atoms with Gasteiger partial charge in [-0.05, 0) is 61.7 Å². The van der Waals surface area contributed by atoms with E-state index < -0.39 is 35.5 Å². The van der Waals surface area contributed by atoms with Crippen LogP contribution in [0.3, 0.4) is 0 Å². The predicted octanol–water partition coefficient (Wildman–Crippen LogP) is 4.10. The highest BCUT2D eigenvalue weighted by atomic mass is 32.2. The Morgan fingerprint density at radius 3 is 2.39 bits per heavy atom. The summed E-state index contributed by atoms with van der Waals surface area (Å²) in [6.07, 6.45) is 0.0262. The number of amides is 5. The van der Waals surface area contributed by atoms with Gasteiger partial charge in [0.05, 0.1) is 16.8 Å². The molecule has 1 unspecified atom stereocenters. The van der Waals surface area contributed by atoms with Crippen molar-refractivity contribution in [3.05, 3.63) is 93.8 Å². The number of anilines is 1. The molecule has 1 atom stereocenters. The number of benzene rings is 3. The maximum atomic E-state index is 15.3. The lowest BCUT2D eigenvalue weighted by molar-refractivity contribution is -0.136. The summed E-state index contributed by atoms with van der Waals surface area (Å²) in [7, 11) is 0. The van der Waals surface area contributed by atoms with Crippen molar-refractivity contribution < 1.29 is 28.4 Å². The molecule has 0 radical (unpaired) electrons. The number of hydrogen-bond donors (Lipinski definition) is 1. The molecule has 0 spiro atoms. The van der Waals surface area contributed by atoms with Crippen molar-refractivity contribution in [1.29, 1.82) is 0 Å². The quantitative estimate of drug-likeness (QED) is 0.329. The van der Waals surface area contributed by atoms with Crippen molar-refractivity contribution in [3.63, 3.8) is 0 Å². The van der Waals surface area contributed by atoms with Crippen LogP contribution in [0, 0.1) is 19.7 Å². The van der Waals surface area contributed by atoms with Crippen LogP contribution in [0.4, 0.5) is 10.1 Å². The molecule has 0 aromatic heterocycles. The molecule has 0 saturated carbocycles. The number of piperidine rings is 1. The van der Waals surface area contributed by atoms with E-state index in [1.54, 1.807) is 27.6 Å². The second kappa shape index (κ2) is 11.9. The van der Waals surface area contributed by atoms with Gasteiger partial charge in [-0.25, -0.2) is 4.39 Å². The van der Waals surface area contributed by atoms with Gasteiger partial charge in [0.15, 0.2) is 0 Å². The second-order valence-electron chi connectivity index (χ2n) is 11.3. The van der Waals surface area contributed by atoms with Gasteiger partial charge in [-0.1, -0.05) is 29.8 Å². The molecule has 0 aliphatic carbocycles. The zero-order valence-corrected chi connectivity index (χ0v) is 25.2. The van der Waals surface area contributed by atoms with Crippen molar-refractivity contribution >= 4 is 47.0 Å². The topological polar surface area (TPSA) is 107 Å². The highest BCUT2D eigenvalue weighted by molar-refractivity contribution is 7.98. The van der Waals surface area contributed by atoms with Crippen molar-refractivity contribution in [2.75, 3.05) is 31.1 Å². The average Bonchev–Trinajstić information content (AvgIpc) is 3.25. The molecule has 11 heteroatoms. The number of carbonyl (C=O) groups is 5. The summed E-state index contributed by atoms with van der Waals surface area (Å²) in [4.78, 5) is 69.0. The minimum absolute atomic E-state index is 0.00276. The molecule has 226 valence electrons. The van der Waals surface area contributed by atoms with Crippen molar-refractivity contribution in [2.45, 2.75) is 43.4 Å². The molecule has 2 saturated heterocycles. The van der Waals surface area contributed by atoms with E-state index in [-0.39, 0.29) is 35.6 Å². The number of thioether (sulfide) groups is 1. The van der Waals surface area contributed by atoms with Crippen LogP contribution in [0.1, 0.15) is 60.6 Å². The van der Waals surface area contributed by atoms with Crippen LogP contribution < -0.4 is 10.2 Å². The number of hydrogen-bond acceptors (Lipinski definition) is 7. The molecule has 3 aromatic rings. The minimum atomic E-state index is -1.12.